The second-order valence-electron chi connectivity index (χ2n) is 4.21. The molecule has 9 heteroatoms. The second-order valence-corrected chi connectivity index (χ2v) is 7.74. The van der Waals surface area contributed by atoms with Crippen LogP contribution in [-0.2, 0) is 33.6 Å². The smallest absolute Gasteiger partial charge is 0.243 e. The van der Waals surface area contributed by atoms with E-state index in [-0.39, 0.29) is 0 Å². The molecule has 1 rings (SSSR count). The molecule has 1 aromatic heterocycles. The number of rotatable bonds is 5. The van der Waals surface area contributed by atoms with Gasteiger partial charge in [0.1, 0.15) is 12.4 Å². The van der Waals surface area contributed by atoms with Gasteiger partial charge in [0.2, 0.25) is 6.33 Å². The number of aryl methyl sites for hydroxylation is 2. The number of hydrogen-bond acceptors (Lipinski definition) is 4. The van der Waals surface area contributed by atoms with Gasteiger partial charge in [0.15, 0.2) is 0 Å². The molecule has 0 spiro atoms. The van der Waals surface area contributed by atoms with Gasteiger partial charge in [0, 0.05) is 12.5 Å². The van der Waals surface area contributed by atoms with E-state index in [1.54, 1.807) is 0 Å². The maximum Gasteiger partial charge on any atom is 0.243 e. The van der Waals surface area contributed by atoms with Crippen LogP contribution in [0.25, 0.3) is 4.13 Å². The van der Waals surface area contributed by atoms with E-state index >= 15 is 0 Å². The van der Waals surface area contributed by atoms with Crippen LogP contribution >= 0.6 is 0 Å². The molecule has 1 heterocycles. The van der Waals surface area contributed by atoms with Crippen LogP contribution in [0.15, 0.2) is 18.7 Å². The Bertz CT molecular complexity index is 546. The minimum Gasteiger partial charge on any atom is -0.437 e. The molecule has 0 N–H and O–H groups in total. The van der Waals surface area contributed by atoms with Gasteiger partial charge in [0.05, 0.1) is 33.6 Å². The number of imidazole rings is 1. The van der Waals surface area contributed by atoms with Crippen LogP contribution in [0.5, 0.6) is 0 Å². The fourth-order valence-corrected chi connectivity index (χ4v) is 3.19. The van der Waals surface area contributed by atoms with Gasteiger partial charge in [-0.05, 0) is 6.42 Å². The van der Waals surface area contributed by atoms with Gasteiger partial charge >= 0.3 is 0 Å². The molecule has 0 aliphatic carbocycles. The molecule has 0 fully saturated rings. The van der Waals surface area contributed by atoms with Gasteiger partial charge in [-0.15, -0.1) is 0 Å². The van der Waals surface area contributed by atoms with Gasteiger partial charge < -0.3 is 4.13 Å². The Morgan fingerprint density at radius 2 is 1.68 bits per heavy atom. The SMILES string of the molecule is CCCCn1cc[n+](C)c1.CS(=O)(=O)[N-]S(C)(=O)=O. The summed E-state index contributed by atoms with van der Waals surface area (Å²) in [4.78, 5) is 0. The molecule has 7 nitrogen and oxygen atoms in total. The third-order valence-corrected chi connectivity index (χ3v) is 4.03. The van der Waals surface area contributed by atoms with Crippen LogP contribution in [0.1, 0.15) is 19.8 Å². The molecule has 0 aliphatic rings. The lowest BCUT2D eigenvalue weighted by Gasteiger charge is -2.11. The second kappa shape index (κ2) is 7.61. The summed E-state index contributed by atoms with van der Waals surface area (Å²) in [6.45, 7) is 3.36. The number of sulfonamides is 2. The van der Waals surface area contributed by atoms with E-state index in [9.17, 15) is 16.8 Å². The van der Waals surface area contributed by atoms with Gasteiger partial charge in [0.25, 0.3) is 0 Å². The molecule has 0 amide bonds. The van der Waals surface area contributed by atoms with Crippen molar-refractivity contribution in [2.24, 2.45) is 7.05 Å². The Balaban J connectivity index is 0.000000344. The summed E-state index contributed by atoms with van der Waals surface area (Å²) in [6, 6.07) is 0. The molecule has 0 saturated carbocycles. The molecular formula is C10H21N3O4S2. The highest BCUT2D eigenvalue weighted by Crippen LogP contribution is 2.03. The van der Waals surface area contributed by atoms with Crippen molar-refractivity contribution >= 4 is 20.0 Å². The number of unbranched alkanes of at least 4 members (excludes halogenated alkanes) is 1. The third kappa shape index (κ3) is 11.9. The van der Waals surface area contributed by atoms with E-state index < -0.39 is 20.0 Å². The summed E-state index contributed by atoms with van der Waals surface area (Å²) in [7, 11) is -5.45. The predicted octanol–water partition coefficient (Wildman–Crippen LogP) is 0.392. The molecule has 0 aromatic carbocycles. The molecule has 0 unspecified atom stereocenters. The normalized spacial score (nSPS) is 11.8. The van der Waals surface area contributed by atoms with E-state index in [0.717, 1.165) is 6.54 Å². The van der Waals surface area contributed by atoms with Gasteiger partial charge in [-0.1, -0.05) is 13.3 Å². The zero-order valence-electron chi connectivity index (χ0n) is 11.6. The minimum atomic E-state index is -3.74. The largest absolute Gasteiger partial charge is 0.437 e. The highest BCUT2D eigenvalue weighted by atomic mass is 32.3. The van der Waals surface area contributed by atoms with Crippen molar-refractivity contribution < 1.29 is 21.4 Å². The summed E-state index contributed by atoms with van der Waals surface area (Å²) in [5, 5.41) is 0. The van der Waals surface area contributed by atoms with Crippen molar-refractivity contribution in [2.75, 3.05) is 12.5 Å². The molecule has 0 atom stereocenters. The van der Waals surface area contributed by atoms with Crippen LogP contribution in [-0.4, -0.2) is 33.9 Å². The minimum absolute atomic E-state index is 0.716. The van der Waals surface area contributed by atoms with E-state index in [0.29, 0.717) is 12.5 Å². The first-order valence-corrected chi connectivity index (χ1v) is 9.38. The van der Waals surface area contributed by atoms with Crippen molar-refractivity contribution in [1.82, 2.24) is 4.57 Å². The van der Waals surface area contributed by atoms with Crippen LogP contribution in [0, 0.1) is 0 Å². The topological polar surface area (TPSA) is 91.2 Å². The lowest BCUT2D eigenvalue weighted by molar-refractivity contribution is -0.671. The summed E-state index contributed by atoms with van der Waals surface area (Å²) in [6.07, 6.45) is 10.2. The zero-order chi connectivity index (χ0) is 15.1. The standard InChI is InChI=1S/C8H15N2.C2H6NO4S2/c1-3-4-5-10-7-6-9(2)8-10;1-8(4,5)3-9(2,6)7/h6-8H,3-5H2,1-2H3;1-2H3/q+1;-1. The van der Waals surface area contributed by atoms with Crippen molar-refractivity contribution in [2.45, 2.75) is 26.3 Å². The van der Waals surface area contributed by atoms with Gasteiger partial charge in [-0.2, -0.15) is 0 Å². The maximum absolute atomic E-state index is 10.1. The maximum atomic E-state index is 10.1. The lowest BCUT2D eigenvalue weighted by Crippen LogP contribution is -2.23. The fraction of sp³-hybridized carbons (Fsp3) is 0.700. The van der Waals surface area contributed by atoms with Crippen molar-refractivity contribution in [3.63, 3.8) is 0 Å². The molecular weight excluding hydrogens is 290 g/mol. The summed E-state index contributed by atoms with van der Waals surface area (Å²) >= 11 is 0. The Hall–Kier alpha value is -0.930. The summed E-state index contributed by atoms with van der Waals surface area (Å²) < 4.78 is 47.2. The van der Waals surface area contributed by atoms with E-state index in [4.69, 9.17) is 0 Å². The average molecular weight is 311 g/mol. The molecule has 112 valence electrons. The molecule has 1 aromatic rings. The number of aromatic nitrogens is 2. The molecule has 0 radical (unpaired) electrons. The lowest BCUT2D eigenvalue weighted by atomic mass is 10.3. The highest BCUT2D eigenvalue weighted by Gasteiger charge is 1.96. The first kappa shape index (κ1) is 18.1. The quantitative estimate of drug-likeness (QED) is 0.736. The van der Waals surface area contributed by atoms with Crippen LogP contribution in [0.3, 0.4) is 0 Å². The predicted molar refractivity (Wildman–Crippen MR) is 73.6 cm³/mol. The number of hydrogen-bond donors (Lipinski definition) is 0. The third-order valence-electron chi connectivity index (χ3n) is 1.86. The van der Waals surface area contributed by atoms with Crippen LogP contribution in [0.2, 0.25) is 0 Å². The summed E-state index contributed by atoms with van der Waals surface area (Å²) in [5.41, 5.74) is 0. The number of nitrogens with zero attached hydrogens (tertiary/aromatic N) is 3. The van der Waals surface area contributed by atoms with E-state index in [2.05, 4.69) is 38.9 Å². The van der Waals surface area contributed by atoms with E-state index in [1.807, 2.05) is 7.05 Å². The highest BCUT2D eigenvalue weighted by molar-refractivity contribution is 8.11. The van der Waals surface area contributed by atoms with Crippen LogP contribution < -0.4 is 4.57 Å². The van der Waals surface area contributed by atoms with Gasteiger partial charge in [-0.3, -0.25) is 0 Å². The Kier molecular flexibility index (Phi) is 7.24. The van der Waals surface area contributed by atoms with Crippen LogP contribution in [0.4, 0.5) is 0 Å². The summed E-state index contributed by atoms with van der Waals surface area (Å²) in [5.74, 6) is 0. The van der Waals surface area contributed by atoms with Crippen molar-refractivity contribution in [3.8, 4) is 0 Å². The molecule has 0 bridgehead atoms. The van der Waals surface area contributed by atoms with Gasteiger partial charge in [-0.25, -0.2) is 26.0 Å². The Labute approximate surface area is 115 Å². The van der Waals surface area contributed by atoms with Crippen molar-refractivity contribution in [1.29, 1.82) is 0 Å². The Morgan fingerprint density at radius 3 is 1.95 bits per heavy atom. The Morgan fingerprint density at radius 1 is 1.16 bits per heavy atom. The first-order chi connectivity index (χ1) is 8.53. The first-order valence-electron chi connectivity index (χ1n) is 5.68. The molecule has 0 aliphatic heterocycles. The molecule has 0 saturated heterocycles. The average Bonchev–Trinajstić information content (AvgIpc) is 2.56. The fourth-order valence-electron chi connectivity index (χ4n) is 1.22. The zero-order valence-corrected chi connectivity index (χ0v) is 13.3. The monoisotopic (exact) mass is 311 g/mol. The van der Waals surface area contributed by atoms with Crippen molar-refractivity contribution in [3.05, 3.63) is 22.8 Å². The molecule has 19 heavy (non-hydrogen) atoms. The van der Waals surface area contributed by atoms with E-state index in [1.165, 1.54) is 12.8 Å².